The number of benzene rings is 1. The zero-order valence-corrected chi connectivity index (χ0v) is 11.1. The first-order valence-electron chi connectivity index (χ1n) is 6.26. The van der Waals surface area contributed by atoms with Crippen LogP contribution in [0.4, 0.5) is 0 Å². The van der Waals surface area contributed by atoms with Crippen molar-refractivity contribution in [3.8, 4) is 5.69 Å². The van der Waals surface area contributed by atoms with E-state index in [2.05, 4.69) is 16.5 Å². The van der Waals surface area contributed by atoms with E-state index in [0.717, 1.165) is 28.9 Å². The minimum Gasteiger partial charge on any atom is -0.310 e. The molecule has 0 bridgehead atoms. The van der Waals surface area contributed by atoms with Gasteiger partial charge in [-0.25, -0.2) is 4.68 Å². The quantitative estimate of drug-likeness (QED) is 0.917. The first kappa shape index (κ1) is 11.8. The van der Waals surface area contributed by atoms with Crippen molar-refractivity contribution in [1.29, 1.82) is 0 Å². The maximum Gasteiger partial charge on any atom is 0.0832 e. The van der Waals surface area contributed by atoms with E-state index in [1.165, 1.54) is 18.4 Å². The molecule has 3 nitrogen and oxygen atoms in total. The van der Waals surface area contributed by atoms with Crippen molar-refractivity contribution in [2.45, 2.75) is 32.4 Å². The molecule has 1 heterocycles. The lowest BCUT2D eigenvalue weighted by molar-refractivity contribution is 0.687. The van der Waals surface area contributed by atoms with Crippen LogP contribution in [0.25, 0.3) is 5.69 Å². The van der Waals surface area contributed by atoms with Crippen LogP contribution in [0.15, 0.2) is 30.6 Å². The van der Waals surface area contributed by atoms with E-state index in [9.17, 15) is 0 Å². The van der Waals surface area contributed by atoms with Crippen LogP contribution in [0.5, 0.6) is 0 Å². The predicted molar refractivity (Wildman–Crippen MR) is 73.2 cm³/mol. The lowest BCUT2D eigenvalue weighted by atomic mass is 10.2. The van der Waals surface area contributed by atoms with Crippen molar-refractivity contribution < 1.29 is 0 Å². The topological polar surface area (TPSA) is 29.9 Å². The normalized spacial score (nSPS) is 15.0. The molecule has 1 aliphatic carbocycles. The van der Waals surface area contributed by atoms with Gasteiger partial charge in [-0.05, 0) is 43.0 Å². The van der Waals surface area contributed by atoms with E-state index in [0.29, 0.717) is 0 Å². The molecular weight excluding hydrogens is 246 g/mol. The van der Waals surface area contributed by atoms with Gasteiger partial charge in [0.15, 0.2) is 0 Å². The number of nitrogens with one attached hydrogen (secondary N) is 1. The molecule has 1 aliphatic rings. The van der Waals surface area contributed by atoms with Crippen LogP contribution in [0.2, 0.25) is 5.02 Å². The highest BCUT2D eigenvalue weighted by atomic mass is 35.5. The Morgan fingerprint density at radius 2 is 2.28 bits per heavy atom. The summed E-state index contributed by atoms with van der Waals surface area (Å²) in [5, 5.41) is 8.50. The summed E-state index contributed by atoms with van der Waals surface area (Å²) in [6.45, 7) is 2.91. The molecule has 2 aromatic rings. The van der Waals surface area contributed by atoms with Crippen LogP contribution < -0.4 is 5.32 Å². The van der Waals surface area contributed by atoms with Crippen molar-refractivity contribution in [3.05, 3.63) is 46.7 Å². The minimum absolute atomic E-state index is 0.720. The van der Waals surface area contributed by atoms with Crippen LogP contribution in [0.1, 0.15) is 24.0 Å². The fourth-order valence-electron chi connectivity index (χ4n) is 1.94. The number of rotatable bonds is 4. The van der Waals surface area contributed by atoms with Gasteiger partial charge in [0.1, 0.15) is 0 Å². The number of hydrogen-bond acceptors (Lipinski definition) is 2. The molecule has 18 heavy (non-hydrogen) atoms. The summed E-state index contributed by atoms with van der Waals surface area (Å²) in [6.07, 6.45) is 6.42. The highest BCUT2D eigenvalue weighted by molar-refractivity contribution is 6.32. The largest absolute Gasteiger partial charge is 0.310 e. The Balaban J connectivity index is 1.79. The summed E-state index contributed by atoms with van der Waals surface area (Å²) in [7, 11) is 0. The standard InChI is InChI=1S/C14H16ClN3/c1-10-7-17-18(9-10)14-5-2-11(6-13(14)15)8-16-12-3-4-12/h2,5-7,9,12,16H,3-4,8H2,1H3. The predicted octanol–water partition coefficient (Wildman–Crippen LogP) is 3.09. The molecular formula is C14H16ClN3. The molecule has 0 spiro atoms. The van der Waals surface area contributed by atoms with E-state index in [1.807, 2.05) is 36.1 Å². The van der Waals surface area contributed by atoms with Crippen molar-refractivity contribution in [3.63, 3.8) is 0 Å². The van der Waals surface area contributed by atoms with Gasteiger partial charge >= 0.3 is 0 Å². The molecule has 94 valence electrons. The summed E-state index contributed by atoms with van der Waals surface area (Å²) >= 11 is 6.32. The number of halogens is 1. The summed E-state index contributed by atoms with van der Waals surface area (Å²) in [5.41, 5.74) is 3.28. The van der Waals surface area contributed by atoms with Crippen LogP contribution >= 0.6 is 11.6 Å². The van der Waals surface area contributed by atoms with Crippen molar-refractivity contribution in [2.24, 2.45) is 0 Å². The van der Waals surface area contributed by atoms with Gasteiger partial charge in [0.2, 0.25) is 0 Å². The Labute approximate surface area is 112 Å². The Hall–Kier alpha value is -1.32. The maximum absolute atomic E-state index is 6.32. The molecule has 0 atom stereocenters. The van der Waals surface area contributed by atoms with Crippen molar-refractivity contribution >= 4 is 11.6 Å². The highest BCUT2D eigenvalue weighted by Gasteiger charge is 2.20. The lowest BCUT2D eigenvalue weighted by Gasteiger charge is -2.08. The average Bonchev–Trinajstić information content (AvgIpc) is 3.09. The second kappa shape index (κ2) is 4.75. The Bertz CT molecular complexity index is 558. The molecule has 1 aromatic carbocycles. The zero-order chi connectivity index (χ0) is 12.5. The number of aryl methyl sites for hydroxylation is 1. The van der Waals surface area contributed by atoms with Gasteiger partial charge in [0.25, 0.3) is 0 Å². The first-order valence-corrected chi connectivity index (χ1v) is 6.63. The van der Waals surface area contributed by atoms with Crippen LogP contribution in [0.3, 0.4) is 0 Å². The van der Waals surface area contributed by atoms with Gasteiger partial charge < -0.3 is 5.32 Å². The zero-order valence-electron chi connectivity index (χ0n) is 10.4. The summed E-state index contributed by atoms with van der Waals surface area (Å²) < 4.78 is 1.82. The van der Waals surface area contributed by atoms with Gasteiger partial charge in [-0.1, -0.05) is 17.7 Å². The van der Waals surface area contributed by atoms with E-state index < -0.39 is 0 Å². The third kappa shape index (κ3) is 2.57. The second-order valence-electron chi connectivity index (χ2n) is 4.90. The van der Waals surface area contributed by atoms with Gasteiger partial charge in [0.05, 0.1) is 16.9 Å². The van der Waals surface area contributed by atoms with Crippen LogP contribution in [0, 0.1) is 6.92 Å². The summed E-state index contributed by atoms with van der Waals surface area (Å²) in [4.78, 5) is 0. The molecule has 0 radical (unpaired) electrons. The molecule has 1 aromatic heterocycles. The first-order chi connectivity index (χ1) is 8.72. The molecule has 1 N–H and O–H groups in total. The fourth-order valence-corrected chi connectivity index (χ4v) is 2.23. The molecule has 1 saturated carbocycles. The van der Waals surface area contributed by atoms with E-state index in [1.54, 1.807) is 0 Å². The minimum atomic E-state index is 0.720. The molecule has 4 heteroatoms. The molecule has 0 amide bonds. The van der Waals surface area contributed by atoms with Crippen molar-refractivity contribution in [2.75, 3.05) is 0 Å². The van der Waals surface area contributed by atoms with Gasteiger partial charge in [-0.2, -0.15) is 5.10 Å². The number of nitrogens with zero attached hydrogens (tertiary/aromatic N) is 2. The molecule has 3 rings (SSSR count). The summed E-state index contributed by atoms with van der Waals surface area (Å²) in [5.74, 6) is 0. The Morgan fingerprint density at radius 1 is 1.44 bits per heavy atom. The van der Waals surface area contributed by atoms with E-state index >= 15 is 0 Å². The second-order valence-corrected chi connectivity index (χ2v) is 5.31. The summed E-state index contributed by atoms with van der Waals surface area (Å²) in [6, 6.07) is 6.87. The maximum atomic E-state index is 6.32. The van der Waals surface area contributed by atoms with Gasteiger partial charge in [0, 0.05) is 18.8 Å². The third-order valence-electron chi connectivity index (χ3n) is 3.14. The SMILES string of the molecule is Cc1cnn(-c2ccc(CNC3CC3)cc2Cl)c1. The van der Waals surface area contributed by atoms with Gasteiger partial charge in [-0.3, -0.25) is 0 Å². The monoisotopic (exact) mass is 261 g/mol. The molecule has 0 aliphatic heterocycles. The lowest BCUT2D eigenvalue weighted by Crippen LogP contribution is -2.15. The number of hydrogen-bond donors (Lipinski definition) is 1. The Morgan fingerprint density at radius 3 is 2.89 bits per heavy atom. The van der Waals surface area contributed by atoms with Gasteiger partial charge in [-0.15, -0.1) is 0 Å². The van der Waals surface area contributed by atoms with Crippen LogP contribution in [-0.4, -0.2) is 15.8 Å². The number of aromatic nitrogens is 2. The third-order valence-corrected chi connectivity index (χ3v) is 3.45. The Kier molecular flexibility index (Phi) is 3.10. The highest BCUT2D eigenvalue weighted by Crippen LogP contribution is 2.23. The average molecular weight is 262 g/mol. The molecule has 0 saturated heterocycles. The van der Waals surface area contributed by atoms with Crippen molar-refractivity contribution in [1.82, 2.24) is 15.1 Å². The van der Waals surface area contributed by atoms with E-state index in [-0.39, 0.29) is 0 Å². The van der Waals surface area contributed by atoms with E-state index in [4.69, 9.17) is 11.6 Å². The smallest absolute Gasteiger partial charge is 0.0832 e. The molecule has 0 unspecified atom stereocenters. The van der Waals surface area contributed by atoms with Crippen LogP contribution in [-0.2, 0) is 6.54 Å². The molecule has 1 fully saturated rings. The fraction of sp³-hybridized carbons (Fsp3) is 0.357.